The van der Waals surface area contributed by atoms with E-state index in [-0.39, 0.29) is 12.5 Å². The van der Waals surface area contributed by atoms with Crippen LogP contribution in [0.1, 0.15) is 18.4 Å². The van der Waals surface area contributed by atoms with Crippen molar-refractivity contribution in [2.75, 3.05) is 26.8 Å². The lowest BCUT2D eigenvalue weighted by Crippen LogP contribution is -2.32. The highest BCUT2D eigenvalue weighted by atomic mass is 16.5. The Morgan fingerprint density at radius 2 is 2.00 bits per heavy atom. The quantitative estimate of drug-likeness (QED) is 0.801. The topological polar surface area (TPSA) is 81.9 Å². The van der Waals surface area contributed by atoms with Crippen LogP contribution in [0.15, 0.2) is 24.3 Å². The molecule has 6 nitrogen and oxygen atoms in total. The maximum absolute atomic E-state index is 12.0. The highest BCUT2D eigenvalue weighted by Crippen LogP contribution is 2.28. The monoisotopic (exact) mass is 304 g/mol. The van der Waals surface area contributed by atoms with E-state index in [1.807, 2.05) is 0 Å². The molecule has 2 amide bonds. The van der Waals surface area contributed by atoms with Gasteiger partial charge in [-0.25, -0.2) is 0 Å². The van der Waals surface area contributed by atoms with Gasteiger partial charge in [-0.3, -0.25) is 9.59 Å². The first-order valence-electron chi connectivity index (χ1n) is 7.16. The molecule has 0 aromatic heterocycles. The lowest BCUT2D eigenvalue weighted by Gasteiger charge is -2.16. The molecule has 2 rings (SSSR count). The number of primary amides is 1. The second-order valence-electron chi connectivity index (χ2n) is 5.02. The van der Waals surface area contributed by atoms with Crippen molar-refractivity contribution in [3.63, 3.8) is 0 Å². The number of methoxy groups -OCH3 is 1. The van der Waals surface area contributed by atoms with Crippen LogP contribution in [0.2, 0.25) is 0 Å². The molecule has 1 fully saturated rings. The number of amides is 2. The van der Waals surface area contributed by atoms with Gasteiger partial charge in [0, 0.05) is 19.2 Å². The van der Waals surface area contributed by atoms with Gasteiger partial charge in [-0.15, -0.1) is 0 Å². The fraction of sp³-hybridized carbons (Fsp3) is 0.375. The molecule has 0 atom stereocenters. The van der Waals surface area contributed by atoms with Crippen LogP contribution in [-0.2, 0) is 9.59 Å². The van der Waals surface area contributed by atoms with E-state index in [2.05, 4.69) is 0 Å². The molecule has 118 valence electrons. The van der Waals surface area contributed by atoms with Crippen molar-refractivity contribution in [1.82, 2.24) is 4.90 Å². The molecule has 0 bridgehead atoms. The van der Waals surface area contributed by atoms with Crippen LogP contribution in [0.5, 0.6) is 11.5 Å². The van der Waals surface area contributed by atoms with E-state index in [9.17, 15) is 9.59 Å². The lowest BCUT2D eigenvalue weighted by atomic mass is 10.2. The van der Waals surface area contributed by atoms with Gasteiger partial charge < -0.3 is 20.1 Å². The summed E-state index contributed by atoms with van der Waals surface area (Å²) in [6, 6.07) is 5.18. The first kappa shape index (κ1) is 15.9. The van der Waals surface area contributed by atoms with Crippen LogP contribution in [0.3, 0.4) is 0 Å². The number of nitrogens with zero attached hydrogens (tertiary/aromatic N) is 1. The van der Waals surface area contributed by atoms with Gasteiger partial charge in [0.25, 0.3) is 5.91 Å². The van der Waals surface area contributed by atoms with E-state index < -0.39 is 5.91 Å². The third kappa shape index (κ3) is 4.25. The number of ether oxygens (including phenoxy) is 2. The predicted molar refractivity (Wildman–Crippen MR) is 82.5 cm³/mol. The van der Waals surface area contributed by atoms with Crippen LogP contribution < -0.4 is 15.2 Å². The summed E-state index contributed by atoms with van der Waals surface area (Å²) in [4.78, 5) is 24.5. The highest BCUT2D eigenvalue weighted by molar-refractivity contribution is 5.90. The number of carbonyl (C=O) groups excluding carboxylic acids is 2. The molecule has 0 aliphatic carbocycles. The molecule has 1 aliphatic heterocycles. The number of benzene rings is 1. The largest absolute Gasteiger partial charge is 0.493 e. The van der Waals surface area contributed by atoms with Crippen molar-refractivity contribution in [3.8, 4) is 11.5 Å². The minimum atomic E-state index is -0.518. The molecular formula is C16H20N2O4. The standard InChI is InChI=1S/C16H20N2O4/c1-21-14-10-12(5-7-15(17)19)4-6-13(14)22-11-16(20)18-8-2-3-9-18/h4-7,10H,2-3,8-9,11H2,1H3,(H2,17,19)/b7-5-. The van der Waals surface area contributed by atoms with Crippen molar-refractivity contribution in [1.29, 1.82) is 0 Å². The molecule has 0 saturated carbocycles. The van der Waals surface area contributed by atoms with Gasteiger partial charge in [-0.2, -0.15) is 0 Å². The van der Waals surface area contributed by atoms with Crippen LogP contribution in [0.25, 0.3) is 6.08 Å². The number of hydrogen-bond donors (Lipinski definition) is 1. The summed E-state index contributed by atoms with van der Waals surface area (Å²) < 4.78 is 10.8. The minimum Gasteiger partial charge on any atom is -0.493 e. The van der Waals surface area contributed by atoms with Crippen molar-refractivity contribution >= 4 is 17.9 Å². The number of rotatable bonds is 6. The van der Waals surface area contributed by atoms with E-state index >= 15 is 0 Å². The summed E-state index contributed by atoms with van der Waals surface area (Å²) in [6.45, 7) is 1.60. The zero-order valence-electron chi connectivity index (χ0n) is 12.6. The molecule has 1 aliphatic rings. The maximum atomic E-state index is 12.0. The van der Waals surface area contributed by atoms with Gasteiger partial charge in [0.1, 0.15) is 0 Å². The minimum absolute atomic E-state index is 0.00711. The number of hydrogen-bond acceptors (Lipinski definition) is 4. The average molecular weight is 304 g/mol. The summed E-state index contributed by atoms with van der Waals surface area (Å²) in [6.07, 6.45) is 4.96. The second kappa shape index (κ2) is 7.49. The fourth-order valence-corrected chi connectivity index (χ4v) is 2.28. The Morgan fingerprint density at radius 1 is 1.27 bits per heavy atom. The van der Waals surface area contributed by atoms with E-state index in [0.29, 0.717) is 11.5 Å². The Morgan fingerprint density at radius 3 is 2.64 bits per heavy atom. The lowest BCUT2D eigenvalue weighted by molar-refractivity contribution is -0.132. The van der Waals surface area contributed by atoms with Crippen LogP contribution in [-0.4, -0.2) is 43.5 Å². The summed E-state index contributed by atoms with van der Waals surface area (Å²) in [5.41, 5.74) is 5.82. The molecule has 0 unspecified atom stereocenters. The van der Waals surface area contributed by atoms with Gasteiger partial charge in [0.2, 0.25) is 5.91 Å². The normalized spacial score (nSPS) is 14.3. The van der Waals surface area contributed by atoms with Crippen LogP contribution in [0, 0.1) is 0 Å². The second-order valence-corrected chi connectivity index (χ2v) is 5.02. The third-order valence-corrected chi connectivity index (χ3v) is 3.44. The molecule has 1 heterocycles. The van der Waals surface area contributed by atoms with E-state index in [0.717, 1.165) is 31.5 Å². The van der Waals surface area contributed by atoms with Crippen molar-refractivity contribution < 1.29 is 19.1 Å². The van der Waals surface area contributed by atoms with Crippen molar-refractivity contribution in [2.45, 2.75) is 12.8 Å². The number of nitrogens with two attached hydrogens (primary N) is 1. The molecule has 0 radical (unpaired) electrons. The predicted octanol–water partition coefficient (Wildman–Crippen LogP) is 1.19. The SMILES string of the molecule is COc1cc(/C=C\C(N)=O)ccc1OCC(=O)N1CCCC1. The zero-order valence-corrected chi connectivity index (χ0v) is 12.6. The third-order valence-electron chi connectivity index (χ3n) is 3.44. The molecular weight excluding hydrogens is 284 g/mol. The van der Waals surface area contributed by atoms with Crippen molar-refractivity contribution in [3.05, 3.63) is 29.8 Å². The number of carbonyl (C=O) groups is 2. The molecule has 0 spiro atoms. The molecule has 1 aromatic carbocycles. The first-order valence-corrected chi connectivity index (χ1v) is 7.16. The van der Waals surface area contributed by atoms with Gasteiger partial charge in [-0.1, -0.05) is 6.07 Å². The van der Waals surface area contributed by atoms with Crippen LogP contribution >= 0.6 is 0 Å². The van der Waals surface area contributed by atoms with Gasteiger partial charge in [0.15, 0.2) is 18.1 Å². The highest BCUT2D eigenvalue weighted by Gasteiger charge is 2.18. The summed E-state index contributed by atoms with van der Waals surface area (Å²) in [5, 5.41) is 0. The van der Waals surface area contributed by atoms with E-state index in [1.54, 1.807) is 29.2 Å². The summed E-state index contributed by atoms with van der Waals surface area (Å²) >= 11 is 0. The zero-order chi connectivity index (χ0) is 15.9. The van der Waals surface area contributed by atoms with E-state index in [1.165, 1.54) is 13.2 Å². The van der Waals surface area contributed by atoms with Crippen molar-refractivity contribution in [2.24, 2.45) is 5.73 Å². The molecule has 22 heavy (non-hydrogen) atoms. The molecule has 1 aromatic rings. The van der Waals surface area contributed by atoms with Gasteiger partial charge >= 0.3 is 0 Å². The maximum Gasteiger partial charge on any atom is 0.260 e. The first-order chi connectivity index (χ1) is 10.6. The Hall–Kier alpha value is -2.50. The number of likely N-dealkylation sites (tertiary alicyclic amines) is 1. The molecule has 1 saturated heterocycles. The fourth-order valence-electron chi connectivity index (χ4n) is 2.28. The van der Waals surface area contributed by atoms with E-state index in [4.69, 9.17) is 15.2 Å². The average Bonchev–Trinajstić information content (AvgIpc) is 3.05. The van der Waals surface area contributed by atoms with Gasteiger partial charge in [-0.05, 0) is 36.6 Å². The van der Waals surface area contributed by atoms with Gasteiger partial charge in [0.05, 0.1) is 7.11 Å². The Kier molecular flexibility index (Phi) is 5.41. The Bertz CT molecular complexity index is 578. The Labute approximate surface area is 129 Å². The summed E-state index contributed by atoms with van der Waals surface area (Å²) in [5.74, 6) is 0.458. The molecule has 2 N–H and O–H groups in total. The van der Waals surface area contributed by atoms with Crippen LogP contribution in [0.4, 0.5) is 0 Å². The summed E-state index contributed by atoms with van der Waals surface area (Å²) in [7, 11) is 1.52. The Balaban J connectivity index is 2.00. The molecule has 6 heteroatoms. The smallest absolute Gasteiger partial charge is 0.260 e.